The van der Waals surface area contributed by atoms with E-state index in [9.17, 15) is 39.0 Å². The van der Waals surface area contributed by atoms with Crippen molar-refractivity contribution in [1.82, 2.24) is 0 Å². The maximum absolute atomic E-state index is 14.7. The number of carboxylic acids is 2. The Balaban J connectivity index is 1.37. The maximum atomic E-state index is 14.7. The second-order valence-electron chi connectivity index (χ2n) is 14.0. The van der Waals surface area contributed by atoms with Crippen LogP contribution in [0.15, 0.2) is 60.7 Å². The lowest BCUT2D eigenvalue weighted by atomic mass is 9.82. The van der Waals surface area contributed by atoms with Crippen LogP contribution in [0.4, 0.5) is 22.7 Å². The van der Waals surface area contributed by atoms with Gasteiger partial charge >= 0.3 is 11.9 Å². The zero-order chi connectivity index (χ0) is 36.3. The minimum Gasteiger partial charge on any atom is -0.478 e. The predicted molar refractivity (Wildman–Crippen MR) is 194 cm³/mol. The third-order valence-corrected chi connectivity index (χ3v) is 10.8. The Kier molecular flexibility index (Phi) is 8.24. The number of carboxylic acid groups (broad SMARTS) is 2. The molecule has 4 N–H and O–H groups in total. The Morgan fingerprint density at radius 2 is 0.865 bits per heavy atom. The molecule has 0 spiro atoms. The average Bonchev–Trinajstić information content (AvgIpc) is 3.14. The van der Waals surface area contributed by atoms with Crippen molar-refractivity contribution < 1.29 is 39.0 Å². The molecule has 2 aliphatic carbocycles. The van der Waals surface area contributed by atoms with Crippen molar-refractivity contribution in [2.75, 3.05) is 20.4 Å². The van der Waals surface area contributed by atoms with Gasteiger partial charge in [-0.05, 0) is 86.3 Å². The first kappa shape index (κ1) is 33.1. The topological polar surface area (TPSA) is 173 Å². The Morgan fingerprint density at radius 3 is 1.19 bits per heavy atom. The molecule has 2 fully saturated rings. The number of rotatable bonds is 8. The fourth-order valence-corrected chi connectivity index (χ4v) is 8.20. The summed E-state index contributed by atoms with van der Waals surface area (Å²) in [6, 6.07) is 14.2. The molecule has 52 heavy (non-hydrogen) atoms. The number of hydrogen-bond donors (Lipinski definition) is 4. The molecule has 0 unspecified atom stereocenters. The van der Waals surface area contributed by atoms with E-state index >= 15 is 0 Å². The Bertz CT molecular complexity index is 2040. The number of carbonyl (C=O) groups is 6. The summed E-state index contributed by atoms with van der Waals surface area (Å²) in [7, 11) is 0. The van der Waals surface area contributed by atoms with Crippen LogP contribution < -0.4 is 20.4 Å². The van der Waals surface area contributed by atoms with Crippen LogP contribution in [0.5, 0.6) is 0 Å². The molecule has 2 aliphatic heterocycles. The van der Waals surface area contributed by atoms with Crippen LogP contribution in [-0.2, 0) is 0 Å². The summed E-state index contributed by atoms with van der Waals surface area (Å²) in [5, 5.41) is 26.5. The number of nitrogens with one attached hydrogen (secondary N) is 2. The van der Waals surface area contributed by atoms with E-state index in [4.69, 9.17) is 0 Å². The van der Waals surface area contributed by atoms with Crippen molar-refractivity contribution in [1.29, 1.82) is 0 Å². The first-order valence-corrected chi connectivity index (χ1v) is 17.8. The summed E-state index contributed by atoms with van der Waals surface area (Å²) in [5.41, 5.74) is 1.70. The van der Waals surface area contributed by atoms with Crippen molar-refractivity contribution in [2.24, 2.45) is 0 Å². The number of nitrogens with zero attached hydrogens (tertiary/aromatic N) is 2. The standard InChI is InChI=1S/C40H36N4O8/c45-35-27-19-29(41-23-7-3-1-4-8-23)33-31-28(36(46)43(37(33)47)25-15-11-21(12-16-25)39(49)50)20-30(42-24-9-5-2-6-10-24)34(32(27)31)38(48)44(35)26-17-13-22(14-18-26)40(51)52/h11-20,23-24,41-42H,1-10H2,(H,49,50)(H,51,52). The number of benzene rings is 4. The number of imide groups is 2. The van der Waals surface area contributed by atoms with E-state index in [1.54, 1.807) is 12.1 Å². The molecule has 0 bridgehead atoms. The van der Waals surface area contributed by atoms with E-state index in [0.717, 1.165) is 74.0 Å². The van der Waals surface area contributed by atoms with Gasteiger partial charge in [0, 0.05) is 34.2 Å². The van der Waals surface area contributed by atoms with Crippen LogP contribution in [0.1, 0.15) is 126 Å². The fourth-order valence-electron chi connectivity index (χ4n) is 8.20. The molecule has 4 amide bonds. The molecule has 12 nitrogen and oxygen atoms in total. The lowest BCUT2D eigenvalue weighted by molar-refractivity contribution is 0.0686. The van der Waals surface area contributed by atoms with Crippen molar-refractivity contribution in [2.45, 2.75) is 76.3 Å². The quantitative estimate of drug-likeness (QED) is 0.136. The van der Waals surface area contributed by atoms with Crippen LogP contribution in [0.25, 0.3) is 10.8 Å². The lowest BCUT2D eigenvalue weighted by Gasteiger charge is -2.36. The van der Waals surface area contributed by atoms with Gasteiger partial charge in [-0.2, -0.15) is 0 Å². The van der Waals surface area contributed by atoms with Crippen LogP contribution >= 0.6 is 0 Å². The summed E-state index contributed by atoms with van der Waals surface area (Å²) >= 11 is 0. The highest BCUT2D eigenvalue weighted by molar-refractivity contribution is 6.44. The third-order valence-electron chi connectivity index (χ3n) is 10.8. The number of hydrogen-bond acceptors (Lipinski definition) is 8. The van der Waals surface area contributed by atoms with Crippen LogP contribution in [-0.4, -0.2) is 57.9 Å². The molecule has 0 saturated heterocycles. The van der Waals surface area contributed by atoms with Gasteiger partial charge in [0.15, 0.2) is 0 Å². The van der Waals surface area contributed by atoms with E-state index in [-0.39, 0.29) is 67.6 Å². The molecular formula is C40H36N4O8. The zero-order valence-corrected chi connectivity index (χ0v) is 28.2. The number of amides is 4. The van der Waals surface area contributed by atoms with Gasteiger partial charge in [-0.1, -0.05) is 38.5 Å². The van der Waals surface area contributed by atoms with Crippen LogP contribution in [0, 0.1) is 0 Å². The second kappa shape index (κ2) is 12.9. The normalized spacial score (nSPS) is 17.8. The SMILES string of the molecule is O=C(O)c1ccc(N2C(=O)c3cc(NC4CCCCC4)c4c5c(cc(NC6CCCCC6)c(c35)C2=O)C(=O)N(c2ccc(C(=O)O)cc2)C4=O)cc1. The van der Waals surface area contributed by atoms with E-state index in [1.807, 2.05) is 0 Å². The first-order valence-electron chi connectivity index (χ1n) is 17.8. The number of carbonyl (C=O) groups excluding carboxylic acids is 4. The van der Waals surface area contributed by atoms with E-state index in [1.165, 1.54) is 48.5 Å². The highest BCUT2D eigenvalue weighted by Crippen LogP contribution is 2.46. The molecule has 264 valence electrons. The second-order valence-corrected chi connectivity index (χ2v) is 14.0. The van der Waals surface area contributed by atoms with Gasteiger partial charge in [-0.15, -0.1) is 0 Å². The first-order chi connectivity index (χ1) is 25.1. The van der Waals surface area contributed by atoms with Gasteiger partial charge in [-0.3, -0.25) is 19.2 Å². The van der Waals surface area contributed by atoms with Crippen molar-refractivity contribution in [3.8, 4) is 0 Å². The third kappa shape index (κ3) is 5.45. The van der Waals surface area contributed by atoms with Gasteiger partial charge in [0.1, 0.15) is 0 Å². The maximum Gasteiger partial charge on any atom is 0.335 e. The summed E-state index contributed by atoms with van der Waals surface area (Å²) in [5.74, 6) is -4.93. The Hall–Kier alpha value is -6.04. The molecule has 4 aromatic carbocycles. The highest BCUT2D eigenvalue weighted by atomic mass is 16.4. The fraction of sp³-hybridized carbons (Fsp3) is 0.300. The largest absolute Gasteiger partial charge is 0.478 e. The number of aromatic carboxylic acids is 2. The number of anilines is 4. The molecule has 2 saturated carbocycles. The van der Waals surface area contributed by atoms with E-state index in [2.05, 4.69) is 10.6 Å². The summed E-state index contributed by atoms with van der Waals surface area (Å²) < 4.78 is 0. The van der Waals surface area contributed by atoms with Gasteiger partial charge in [0.25, 0.3) is 23.6 Å². The zero-order valence-electron chi connectivity index (χ0n) is 28.2. The van der Waals surface area contributed by atoms with Crippen LogP contribution in [0.2, 0.25) is 0 Å². The van der Waals surface area contributed by atoms with Crippen molar-refractivity contribution in [3.05, 3.63) is 94.0 Å². The van der Waals surface area contributed by atoms with Crippen molar-refractivity contribution in [3.63, 3.8) is 0 Å². The van der Waals surface area contributed by atoms with Crippen LogP contribution in [0.3, 0.4) is 0 Å². The predicted octanol–water partition coefficient (Wildman–Crippen LogP) is 7.33. The Labute approximate surface area is 298 Å². The minimum absolute atomic E-state index is 0.00136. The van der Waals surface area contributed by atoms with Gasteiger partial charge in [0.05, 0.1) is 44.8 Å². The van der Waals surface area contributed by atoms with E-state index < -0.39 is 35.6 Å². The molecular weight excluding hydrogens is 664 g/mol. The molecule has 0 atom stereocenters. The lowest BCUT2D eigenvalue weighted by Crippen LogP contribution is -2.44. The monoisotopic (exact) mass is 700 g/mol. The molecule has 2 heterocycles. The molecule has 0 aromatic heterocycles. The minimum atomic E-state index is -1.15. The van der Waals surface area contributed by atoms with Gasteiger partial charge < -0.3 is 20.8 Å². The Morgan fingerprint density at radius 1 is 0.519 bits per heavy atom. The molecule has 4 aromatic rings. The van der Waals surface area contributed by atoms with Gasteiger partial charge in [-0.25, -0.2) is 19.4 Å². The summed E-state index contributed by atoms with van der Waals surface area (Å²) in [6.07, 6.45) is 9.50. The molecule has 12 heteroatoms. The molecule has 0 radical (unpaired) electrons. The molecule has 4 aliphatic rings. The average molecular weight is 701 g/mol. The summed E-state index contributed by atoms with van der Waals surface area (Å²) in [6.45, 7) is 0. The highest BCUT2D eigenvalue weighted by Gasteiger charge is 2.44. The van der Waals surface area contributed by atoms with E-state index in [0.29, 0.717) is 11.4 Å². The summed E-state index contributed by atoms with van der Waals surface area (Å²) in [4.78, 5) is 83.7. The molecule has 8 rings (SSSR count). The van der Waals surface area contributed by atoms with Crippen molar-refractivity contribution >= 4 is 69.1 Å². The smallest absolute Gasteiger partial charge is 0.335 e. The van der Waals surface area contributed by atoms with Gasteiger partial charge in [0.2, 0.25) is 0 Å².